The van der Waals surface area contributed by atoms with E-state index in [1.807, 2.05) is 6.92 Å². The Kier molecular flexibility index (Phi) is 9.63. The first kappa shape index (κ1) is 34.2. The van der Waals surface area contributed by atoms with Crippen molar-refractivity contribution in [3.05, 3.63) is 12.2 Å². The number of hydrogen-bond donors (Lipinski definition) is 2. The van der Waals surface area contributed by atoms with Gasteiger partial charge in [-0.05, 0) is 97.6 Å². The average Bonchev–Trinajstić information content (AvgIpc) is 2.92. The van der Waals surface area contributed by atoms with Crippen LogP contribution in [-0.4, -0.2) is 51.3 Å². The molecular formula is C32H64O4Si2. The Morgan fingerprint density at radius 3 is 1.82 bits per heavy atom. The van der Waals surface area contributed by atoms with Crippen LogP contribution in [0, 0.1) is 28.6 Å². The Morgan fingerprint density at radius 2 is 1.42 bits per heavy atom. The van der Waals surface area contributed by atoms with Crippen molar-refractivity contribution < 1.29 is 19.1 Å². The van der Waals surface area contributed by atoms with Crippen LogP contribution in [0.25, 0.3) is 0 Å². The first-order valence-corrected chi connectivity index (χ1v) is 21.0. The molecule has 2 aliphatic rings. The van der Waals surface area contributed by atoms with Crippen molar-refractivity contribution in [3.8, 4) is 0 Å². The molecule has 0 heterocycles. The van der Waals surface area contributed by atoms with Gasteiger partial charge in [0.15, 0.2) is 16.6 Å². The van der Waals surface area contributed by atoms with E-state index in [9.17, 15) is 10.2 Å². The summed E-state index contributed by atoms with van der Waals surface area (Å²) in [6.07, 6.45) is 2.91. The van der Waals surface area contributed by atoms with Crippen LogP contribution in [0.15, 0.2) is 12.2 Å². The van der Waals surface area contributed by atoms with Crippen LogP contribution < -0.4 is 0 Å². The molecular weight excluding hydrogens is 505 g/mol. The van der Waals surface area contributed by atoms with Gasteiger partial charge in [0.2, 0.25) is 0 Å². The first-order valence-electron chi connectivity index (χ1n) is 15.2. The van der Waals surface area contributed by atoms with Gasteiger partial charge in [-0.3, -0.25) is 0 Å². The number of hydrogen-bond acceptors (Lipinski definition) is 4. The third-order valence-corrected chi connectivity index (χ3v) is 21.1. The highest BCUT2D eigenvalue weighted by Gasteiger charge is 2.66. The van der Waals surface area contributed by atoms with Crippen molar-refractivity contribution in [2.24, 2.45) is 28.6 Å². The Morgan fingerprint density at radius 1 is 0.947 bits per heavy atom. The van der Waals surface area contributed by atoms with Gasteiger partial charge in [-0.25, -0.2) is 0 Å². The Hall–Kier alpha value is 0.0138. The minimum Gasteiger partial charge on any atom is -0.414 e. The molecule has 0 spiro atoms. The molecule has 0 saturated heterocycles. The zero-order valence-electron chi connectivity index (χ0n) is 27.8. The van der Waals surface area contributed by atoms with Crippen LogP contribution in [-0.2, 0) is 8.85 Å². The molecule has 0 bridgehead atoms. The fraction of sp³-hybridized carbons (Fsp3) is 0.938. The predicted molar refractivity (Wildman–Crippen MR) is 167 cm³/mol. The topological polar surface area (TPSA) is 58.9 Å². The largest absolute Gasteiger partial charge is 0.414 e. The Bertz CT molecular complexity index is 855. The highest BCUT2D eigenvalue weighted by molar-refractivity contribution is 6.74. The van der Waals surface area contributed by atoms with E-state index in [4.69, 9.17) is 8.85 Å². The molecule has 2 saturated carbocycles. The summed E-state index contributed by atoms with van der Waals surface area (Å²) in [6.45, 7) is 38.8. The fourth-order valence-electron chi connectivity index (χ4n) is 7.18. The lowest BCUT2D eigenvalue weighted by molar-refractivity contribution is -0.121. The molecule has 0 amide bonds. The van der Waals surface area contributed by atoms with Gasteiger partial charge in [0.05, 0.1) is 11.7 Å². The van der Waals surface area contributed by atoms with E-state index in [0.717, 1.165) is 18.4 Å². The smallest absolute Gasteiger partial charge is 0.192 e. The summed E-state index contributed by atoms with van der Waals surface area (Å²) < 4.78 is 14.6. The lowest BCUT2D eigenvalue weighted by Crippen LogP contribution is -2.58. The standard InChI is InChI=1S/C32H64O4Si2/c1-22(2)24-19-26(35-37(13,14)28(5,6)7)25-20-32(34,23(3)4)31(12,17-18-33)27(21-30(24,25)11)36-38(15,16)29(8,9)10/h22,24-27,33-34H,3,17-21H2,1-2,4-16H3/t24-,25?,26-,27-,30-,31+,32+/m1/s1. The second-order valence-electron chi connectivity index (χ2n) is 16.9. The number of rotatable bonds is 8. The van der Waals surface area contributed by atoms with Gasteiger partial charge in [0.25, 0.3) is 0 Å². The summed E-state index contributed by atoms with van der Waals surface area (Å²) >= 11 is 0. The van der Waals surface area contributed by atoms with Crippen molar-refractivity contribution in [1.82, 2.24) is 0 Å². The highest BCUT2D eigenvalue weighted by Crippen LogP contribution is 2.65. The Balaban J connectivity index is 2.79. The molecule has 2 rings (SSSR count). The molecule has 6 heteroatoms. The lowest BCUT2D eigenvalue weighted by atomic mass is 9.63. The molecule has 224 valence electrons. The molecule has 0 aromatic heterocycles. The maximum Gasteiger partial charge on any atom is 0.192 e. The second-order valence-corrected chi connectivity index (χ2v) is 26.4. The average molecular weight is 569 g/mol. The minimum absolute atomic E-state index is 0.0162. The van der Waals surface area contributed by atoms with E-state index in [1.54, 1.807) is 0 Å². The summed E-state index contributed by atoms with van der Waals surface area (Å²) in [6, 6.07) is 0. The third kappa shape index (κ3) is 5.83. The van der Waals surface area contributed by atoms with E-state index in [-0.39, 0.29) is 40.2 Å². The molecule has 1 unspecified atom stereocenters. The summed E-state index contributed by atoms with van der Waals surface area (Å²) in [7, 11) is -4.22. The van der Waals surface area contributed by atoms with Crippen molar-refractivity contribution in [2.75, 3.05) is 6.61 Å². The molecule has 7 atom stereocenters. The molecule has 0 aromatic rings. The normalized spacial score (nSPS) is 37.3. The summed E-state index contributed by atoms with van der Waals surface area (Å²) in [5, 5.41) is 23.3. The molecule has 0 aromatic carbocycles. The van der Waals surface area contributed by atoms with Crippen molar-refractivity contribution in [3.63, 3.8) is 0 Å². The van der Waals surface area contributed by atoms with Gasteiger partial charge in [-0.2, -0.15) is 0 Å². The zero-order valence-corrected chi connectivity index (χ0v) is 29.8. The van der Waals surface area contributed by atoms with Gasteiger partial charge in [-0.1, -0.05) is 75.8 Å². The van der Waals surface area contributed by atoms with Crippen LogP contribution in [0.5, 0.6) is 0 Å². The van der Waals surface area contributed by atoms with E-state index < -0.39 is 27.7 Å². The van der Waals surface area contributed by atoms with E-state index in [0.29, 0.717) is 24.7 Å². The molecule has 2 N–H and O–H groups in total. The molecule has 38 heavy (non-hydrogen) atoms. The quantitative estimate of drug-likeness (QED) is 0.227. The second kappa shape index (κ2) is 10.7. The van der Waals surface area contributed by atoms with Crippen LogP contribution >= 0.6 is 0 Å². The van der Waals surface area contributed by atoms with E-state index in [1.165, 1.54) is 0 Å². The maximum atomic E-state index is 12.8. The van der Waals surface area contributed by atoms with E-state index in [2.05, 4.69) is 102 Å². The highest BCUT2D eigenvalue weighted by atomic mass is 28.4. The van der Waals surface area contributed by atoms with E-state index >= 15 is 0 Å². The van der Waals surface area contributed by atoms with Gasteiger partial charge in [0, 0.05) is 18.1 Å². The summed E-state index contributed by atoms with van der Waals surface area (Å²) in [4.78, 5) is 0. The molecule has 4 nitrogen and oxygen atoms in total. The summed E-state index contributed by atoms with van der Waals surface area (Å²) in [5.41, 5.74) is -1.09. The van der Waals surface area contributed by atoms with Crippen LogP contribution in [0.3, 0.4) is 0 Å². The van der Waals surface area contributed by atoms with Crippen LogP contribution in [0.4, 0.5) is 0 Å². The molecule has 0 radical (unpaired) electrons. The van der Waals surface area contributed by atoms with Crippen LogP contribution in [0.1, 0.15) is 102 Å². The Labute approximate surface area is 238 Å². The SMILES string of the molecule is C=C(C)[C@@]1(O)CC2[C@H](O[Si](C)(C)C(C)(C)C)C[C@H](C(C)C)[C@@]2(C)C[C@@H](O[Si](C)(C)C(C)(C)C)[C@]1(C)CCO. The van der Waals surface area contributed by atoms with Gasteiger partial charge >= 0.3 is 0 Å². The number of aliphatic hydroxyl groups is 2. The van der Waals surface area contributed by atoms with Gasteiger partial charge < -0.3 is 19.1 Å². The first-order chi connectivity index (χ1) is 16.8. The van der Waals surface area contributed by atoms with Crippen molar-refractivity contribution >= 4 is 16.6 Å². The number of fused-ring (bicyclic) bond motifs is 1. The van der Waals surface area contributed by atoms with Crippen molar-refractivity contribution in [2.45, 2.75) is 156 Å². The third-order valence-electron chi connectivity index (χ3n) is 12.1. The molecule has 2 aliphatic carbocycles. The van der Waals surface area contributed by atoms with Gasteiger partial charge in [-0.15, -0.1) is 0 Å². The molecule has 2 fully saturated rings. The monoisotopic (exact) mass is 568 g/mol. The maximum absolute atomic E-state index is 12.8. The summed E-state index contributed by atoms with van der Waals surface area (Å²) in [5.74, 6) is 1.17. The zero-order chi connectivity index (χ0) is 29.9. The van der Waals surface area contributed by atoms with Crippen LogP contribution in [0.2, 0.25) is 36.3 Å². The fourth-order valence-corrected chi connectivity index (χ4v) is 9.96. The molecule has 0 aliphatic heterocycles. The number of aliphatic hydroxyl groups excluding tert-OH is 1. The minimum atomic E-state index is -2.18. The van der Waals surface area contributed by atoms with Gasteiger partial charge in [0.1, 0.15) is 0 Å². The van der Waals surface area contributed by atoms with Crippen molar-refractivity contribution in [1.29, 1.82) is 0 Å². The predicted octanol–water partition coefficient (Wildman–Crippen LogP) is 8.56. The lowest BCUT2D eigenvalue weighted by Gasteiger charge is -2.52.